The zero-order valence-electron chi connectivity index (χ0n) is 15.4. The second-order valence-corrected chi connectivity index (χ2v) is 6.94. The Labute approximate surface area is 162 Å². The first-order valence-electron chi connectivity index (χ1n) is 8.59. The predicted octanol–water partition coefficient (Wildman–Crippen LogP) is 4.86. The van der Waals surface area contributed by atoms with E-state index in [4.69, 9.17) is 4.74 Å². The lowest BCUT2D eigenvalue weighted by Gasteiger charge is -2.10. The second-order valence-electron chi connectivity index (χ2n) is 6.06. The molecule has 0 fully saturated rings. The van der Waals surface area contributed by atoms with E-state index >= 15 is 0 Å². The molecule has 0 radical (unpaired) electrons. The van der Waals surface area contributed by atoms with Gasteiger partial charge in [-0.25, -0.2) is 4.79 Å². The van der Waals surface area contributed by atoms with Crippen LogP contribution in [0.15, 0.2) is 48.1 Å². The third kappa shape index (κ3) is 4.06. The average molecular weight is 380 g/mol. The van der Waals surface area contributed by atoms with Gasteiger partial charge in [0.05, 0.1) is 6.61 Å². The molecule has 2 heterocycles. The highest BCUT2D eigenvalue weighted by molar-refractivity contribution is 7.15. The summed E-state index contributed by atoms with van der Waals surface area (Å²) in [6.45, 7) is 6.09. The van der Waals surface area contributed by atoms with Crippen LogP contribution in [0.3, 0.4) is 0 Å². The van der Waals surface area contributed by atoms with E-state index in [0.29, 0.717) is 16.1 Å². The van der Waals surface area contributed by atoms with Gasteiger partial charge in [0, 0.05) is 28.9 Å². The molecule has 0 aliphatic heterocycles. The largest absolute Gasteiger partial charge is 0.462 e. The number of aryl methyl sites for hydroxylation is 2. The monoisotopic (exact) mass is 380 g/mol. The van der Waals surface area contributed by atoms with Crippen molar-refractivity contribution in [2.45, 2.75) is 20.8 Å². The van der Waals surface area contributed by atoms with Crippen molar-refractivity contribution in [3.8, 4) is 11.1 Å². The van der Waals surface area contributed by atoms with Gasteiger partial charge in [-0.1, -0.05) is 18.2 Å². The molecule has 3 aromatic rings. The summed E-state index contributed by atoms with van der Waals surface area (Å²) in [5.74, 6) is -0.742. The van der Waals surface area contributed by atoms with Gasteiger partial charge in [0.15, 0.2) is 0 Å². The standard InChI is InChI=1S/C21H20N2O3S/c1-4-26-21(25)18-17(16-6-5-13(2)14(3)11-16)12-27-20(18)23-19(24)15-7-9-22-10-8-15/h5-12H,4H2,1-3H3,(H,23,24). The number of amides is 1. The fourth-order valence-electron chi connectivity index (χ4n) is 2.66. The smallest absolute Gasteiger partial charge is 0.341 e. The molecule has 1 amide bonds. The molecule has 138 valence electrons. The zero-order chi connectivity index (χ0) is 19.4. The molecule has 0 atom stereocenters. The minimum absolute atomic E-state index is 0.263. The first-order valence-corrected chi connectivity index (χ1v) is 9.46. The summed E-state index contributed by atoms with van der Waals surface area (Å²) < 4.78 is 5.24. The fourth-order valence-corrected chi connectivity index (χ4v) is 3.61. The molecule has 0 saturated heterocycles. The Hall–Kier alpha value is -2.99. The van der Waals surface area contributed by atoms with Crippen molar-refractivity contribution in [2.75, 3.05) is 11.9 Å². The number of anilines is 1. The molecule has 27 heavy (non-hydrogen) atoms. The molecule has 5 nitrogen and oxygen atoms in total. The van der Waals surface area contributed by atoms with Crippen molar-refractivity contribution >= 4 is 28.2 Å². The van der Waals surface area contributed by atoms with Crippen LogP contribution < -0.4 is 5.32 Å². The molecular formula is C21H20N2O3S. The van der Waals surface area contributed by atoms with Gasteiger partial charge in [0.2, 0.25) is 0 Å². The second kappa shape index (κ2) is 8.14. The van der Waals surface area contributed by atoms with Gasteiger partial charge in [-0.05, 0) is 49.6 Å². The van der Waals surface area contributed by atoms with E-state index in [0.717, 1.165) is 16.7 Å². The highest BCUT2D eigenvalue weighted by atomic mass is 32.1. The van der Waals surface area contributed by atoms with Crippen LogP contribution in [0, 0.1) is 13.8 Å². The number of carbonyl (C=O) groups excluding carboxylic acids is 2. The molecule has 1 N–H and O–H groups in total. The molecule has 0 saturated carbocycles. The average Bonchev–Trinajstić information content (AvgIpc) is 3.08. The van der Waals surface area contributed by atoms with E-state index in [9.17, 15) is 9.59 Å². The molecule has 3 rings (SSSR count). The van der Waals surface area contributed by atoms with E-state index in [1.807, 2.05) is 37.4 Å². The first-order chi connectivity index (χ1) is 13.0. The Morgan fingerprint density at radius 3 is 2.52 bits per heavy atom. The maximum absolute atomic E-state index is 12.6. The number of pyridine rings is 1. The Balaban J connectivity index is 2.01. The maximum atomic E-state index is 12.6. The van der Waals surface area contributed by atoms with E-state index < -0.39 is 5.97 Å². The van der Waals surface area contributed by atoms with Crippen molar-refractivity contribution in [1.82, 2.24) is 4.98 Å². The number of rotatable bonds is 5. The molecular weight excluding hydrogens is 360 g/mol. The van der Waals surface area contributed by atoms with Crippen LogP contribution in [0.25, 0.3) is 11.1 Å². The van der Waals surface area contributed by atoms with E-state index in [1.165, 1.54) is 16.9 Å². The summed E-state index contributed by atoms with van der Waals surface area (Å²) in [4.78, 5) is 29.0. The van der Waals surface area contributed by atoms with E-state index in [-0.39, 0.29) is 12.5 Å². The number of hydrogen-bond acceptors (Lipinski definition) is 5. The maximum Gasteiger partial charge on any atom is 0.341 e. The number of carbonyl (C=O) groups is 2. The number of esters is 1. The van der Waals surface area contributed by atoms with Gasteiger partial charge in [0.1, 0.15) is 10.6 Å². The SMILES string of the molecule is CCOC(=O)c1c(-c2ccc(C)c(C)c2)csc1NC(=O)c1ccncc1. The number of benzene rings is 1. The van der Waals surface area contributed by atoms with E-state index in [1.54, 1.807) is 31.5 Å². The van der Waals surface area contributed by atoms with Crippen molar-refractivity contribution in [2.24, 2.45) is 0 Å². The van der Waals surface area contributed by atoms with Crippen LogP contribution in [0.2, 0.25) is 0 Å². The van der Waals surface area contributed by atoms with Crippen LogP contribution in [-0.4, -0.2) is 23.5 Å². The van der Waals surface area contributed by atoms with Crippen molar-refractivity contribution in [3.05, 3.63) is 70.4 Å². The number of hydrogen-bond donors (Lipinski definition) is 1. The number of nitrogens with one attached hydrogen (secondary N) is 1. The van der Waals surface area contributed by atoms with Gasteiger partial charge < -0.3 is 10.1 Å². The summed E-state index contributed by atoms with van der Waals surface area (Å²) in [5.41, 5.74) is 4.84. The minimum atomic E-state index is -0.447. The molecule has 6 heteroatoms. The van der Waals surface area contributed by atoms with Gasteiger partial charge in [0.25, 0.3) is 5.91 Å². The van der Waals surface area contributed by atoms with Gasteiger partial charge in [-0.3, -0.25) is 9.78 Å². The van der Waals surface area contributed by atoms with Crippen molar-refractivity contribution in [3.63, 3.8) is 0 Å². The lowest BCUT2D eigenvalue weighted by Crippen LogP contribution is -2.14. The molecule has 1 aromatic carbocycles. The molecule has 2 aromatic heterocycles. The summed E-state index contributed by atoms with van der Waals surface area (Å²) in [6.07, 6.45) is 3.10. The van der Waals surface area contributed by atoms with Gasteiger partial charge in [-0.15, -0.1) is 11.3 Å². The van der Waals surface area contributed by atoms with Crippen LogP contribution in [0.4, 0.5) is 5.00 Å². The number of nitrogens with zero attached hydrogens (tertiary/aromatic N) is 1. The molecule has 0 bridgehead atoms. The van der Waals surface area contributed by atoms with Crippen LogP contribution >= 0.6 is 11.3 Å². The predicted molar refractivity (Wildman–Crippen MR) is 107 cm³/mol. The Kier molecular flexibility index (Phi) is 5.66. The quantitative estimate of drug-likeness (QED) is 0.642. The lowest BCUT2D eigenvalue weighted by molar-refractivity contribution is 0.0529. The summed E-state index contributed by atoms with van der Waals surface area (Å²) in [5, 5.41) is 5.18. The highest BCUT2D eigenvalue weighted by Crippen LogP contribution is 2.37. The first kappa shape index (κ1) is 18.8. The molecule has 0 aliphatic rings. The molecule has 0 spiro atoms. The topological polar surface area (TPSA) is 68.3 Å². The molecule has 0 aliphatic carbocycles. The Bertz CT molecular complexity index is 980. The minimum Gasteiger partial charge on any atom is -0.462 e. The highest BCUT2D eigenvalue weighted by Gasteiger charge is 2.23. The van der Waals surface area contributed by atoms with Gasteiger partial charge >= 0.3 is 5.97 Å². The number of aromatic nitrogens is 1. The van der Waals surface area contributed by atoms with Gasteiger partial charge in [-0.2, -0.15) is 0 Å². The molecule has 0 unspecified atom stereocenters. The zero-order valence-corrected chi connectivity index (χ0v) is 16.2. The number of ether oxygens (including phenoxy) is 1. The normalized spacial score (nSPS) is 10.5. The van der Waals surface area contributed by atoms with Crippen LogP contribution in [0.1, 0.15) is 38.8 Å². The van der Waals surface area contributed by atoms with E-state index in [2.05, 4.69) is 10.3 Å². The Morgan fingerprint density at radius 2 is 1.85 bits per heavy atom. The fraction of sp³-hybridized carbons (Fsp3) is 0.190. The van der Waals surface area contributed by atoms with Crippen molar-refractivity contribution in [1.29, 1.82) is 0 Å². The number of thiophene rings is 1. The summed E-state index contributed by atoms with van der Waals surface area (Å²) in [6, 6.07) is 9.27. The van der Waals surface area contributed by atoms with Crippen LogP contribution in [-0.2, 0) is 4.74 Å². The summed E-state index contributed by atoms with van der Waals surface area (Å²) in [7, 11) is 0. The summed E-state index contributed by atoms with van der Waals surface area (Å²) >= 11 is 1.31. The lowest BCUT2D eigenvalue weighted by atomic mass is 9.99. The third-order valence-corrected chi connectivity index (χ3v) is 5.15. The van der Waals surface area contributed by atoms with Crippen molar-refractivity contribution < 1.29 is 14.3 Å². The Morgan fingerprint density at radius 1 is 1.11 bits per heavy atom. The third-order valence-electron chi connectivity index (χ3n) is 4.26. The van der Waals surface area contributed by atoms with Crippen LogP contribution in [0.5, 0.6) is 0 Å².